The molecule has 0 saturated carbocycles. The van der Waals surface area contributed by atoms with Gasteiger partial charge in [-0.1, -0.05) is 68.4 Å². The molecule has 0 unspecified atom stereocenters. The molecule has 0 aromatic carbocycles. The van der Waals surface area contributed by atoms with E-state index in [1.165, 1.54) is 0 Å². The molecule has 22 heavy (non-hydrogen) atoms. The van der Waals surface area contributed by atoms with Gasteiger partial charge in [0.1, 0.15) is 0 Å². The number of rotatable bonds is 14. The van der Waals surface area contributed by atoms with Gasteiger partial charge in [0.25, 0.3) is 0 Å². The van der Waals surface area contributed by atoms with Crippen molar-refractivity contribution in [1.82, 2.24) is 0 Å². The number of carboxylic acids is 1. The lowest BCUT2D eigenvalue weighted by Crippen LogP contribution is -1.93. The molecular formula is C20H32O2. The standard InChI is InChI=1S/C20H32O2/c1-2-3-4-5-6-7-8-9-10-11-12-13-14-15-16-17-18-19-20(21)22/h3-4,6-7,9-10,12-13H,2,5,8,11,14-19H2,1H3,(H,21,22)/b4-3-,7-6+,10-9+,13-12-. The Bertz CT molecular complexity index is 362. The molecule has 0 aromatic heterocycles. The molecule has 2 heteroatoms. The van der Waals surface area contributed by atoms with Crippen molar-refractivity contribution in [1.29, 1.82) is 0 Å². The van der Waals surface area contributed by atoms with Gasteiger partial charge in [-0.3, -0.25) is 4.79 Å². The third kappa shape index (κ3) is 18.4. The first-order valence-corrected chi connectivity index (χ1v) is 8.59. The molecule has 0 bridgehead atoms. The lowest BCUT2D eigenvalue weighted by atomic mass is 10.1. The maximum atomic E-state index is 10.3. The monoisotopic (exact) mass is 304 g/mol. The van der Waals surface area contributed by atoms with E-state index in [1.54, 1.807) is 0 Å². The van der Waals surface area contributed by atoms with Crippen LogP contribution in [0, 0.1) is 0 Å². The lowest BCUT2D eigenvalue weighted by molar-refractivity contribution is -0.137. The minimum Gasteiger partial charge on any atom is -0.481 e. The molecule has 0 aromatic rings. The fourth-order valence-electron chi connectivity index (χ4n) is 1.99. The molecular weight excluding hydrogens is 272 g/mol. The van der Waals surface area contributed by atoms with Gasteiger partial charge in [0.2, 0.25) is 0 Å². The quantitative estimate of drug-likeness (QED) is 0.305. The van der Waals surface area contributed by atoms with Crippen LogP contribution in [0.4, 0.5) is 0 Å². The van der Waals surface area contributed by atoms with Gasteiger partial charge in [0.05, 0.1) is 0 Å². The zero-order chi connectivity index (χ0) is 16.3. The third-order valence-corrected chi connectivity index (χ3v) is 3.23. The Labute approximate surface area is 136 Å². The number of allylic oxidation sites excluding steroid dienone is 8. The summed E-state index contributed by atoms with van der Waals surface area (Å²) < 4.78 is 0. The number of aliphatic carboxylic acids is 1. The average Bonchev–Trinajstić information content (AvgIpc) is 2.50. The minimum absolute atomic E-state index is 0.309. The highest BCUT2D eigenvalue weighted by Crippen LogP contribution is 2.06. The van der Waals surface area contributed by atoms with Crippen LogP contribution in [0.25, 0.3) is 0 Å². The van der Waals surface area contributed by atoms with E-state index in [-0.39, 0.29) is 0 Å². The number of hydrogen-bond donors (Lipinski definition) is 1. The maximum Gasteiger partial charge on any atom is 0.303 e. The zero-order valence-corrected chi connectivity index (χ0v) is 14.0. The molecule has 0 amide bonds. The molecule has 124 valence electrons. The highest BCUT2D eigenvalue weighted by atomic mass is 16.4. The topological polar surface area (TPSA) is 37.3 Å². The summed E-state index contributed by atoms with van der Waals surface area (Å²) in [6.07, 6.45) is 27.4. The molecule has 2 nitrogen and oxygen atoms in total. The zero-order valence-electron chi connectivity index (χ0n) is 14.0. The van der Waals surface area contributed by atoms with Crippen molar-refractivity contribution in [3.05, 3.63) is 48.6 Å². The molecule has 1 N–H and O–H groups in total. The van der Waals surface area contributed by atoms with Crippen molar-refractivity contribution in [3.63, 3.8) is 0 Å². The fraction of sp³-hybridized carbons (Fsp3) is 0.550. The summed E-state index contributed by atoms with van der Waals surface area (Å²) in [5.41, 5.74) is 0. The molecule has 0 radical (unpaired) electrons. The second kappa shape index (κ2) is 17.5. The number of carbonyl (C=O) groups is 1. The normalized spacial score (nSPS) is 12.4. The summed E-state index contributed by atoms with van der Waals surface area (Å²) in [6, 6.07) is 0. The van der Waals surface area contributed by atoms with Crippen LogP contribution in [0.5, 0.6) is 0 Å². The molecule has 0 saturated heterocycles. The van der Waals surface area contributed by atoms with E-state index in [9.17, 15) is 4.79 Å². The smallest absolute Gasteiger partial charge is 0.303 e. The van der Waals surface area contributed by atoms with E-state index < -0.39 is 5.97 Å². The van der Waals surface area contributed by atoms with Gasteiger partial charge in [0.15, 0.2) is 0 Å². The van der Waals surface area contributed by atoms with Crippen LogP contribution >= 0.6 is 0 Å². The average molecular weight is 304 g/mol. The van der Waals surface area contributed by atoms with Crippen molar-refractivity contribution in [2.24, 2.45) is 0 Å². The highest BCUT2D eigenvalue weighted by molar-refractivity contribution is 5.66. The van der Waals surface area contributed by atoms with Crippen molar-refractivity contribution >= 4 is 5.97 Å². The van der Waals surface area contributed by atoms with E-state index in [4.69, 9.17) is 5.11 Å². The SMILES string of the molecule is CC/C=C\C/C=C/C/C=C/C/C=C\CCCCCCC(=O)O. The summed E-state index contributed by atoms with van der Waals surface area (Å²) in [4.78, 5) is 10.3. The Morgan fingerprint density at radius 3 is 1.77 bits per heavy atom. The van der Waals surface area contributed by atoms with Crippen LogP contribution in [-0.2, 0) is 4.79 Å². The summed E-state index contributed by atoms with van der Waals surface area (Å²) in [7, 11) is 0. The Kier molecular flexibility index (Phi) is 16.2. The van der Waals surface area contributed by atoms with Gasteiger partial charge in [-0.15, -0.1) is 0 Å². The second-order valence-corrected chi connectivity index (χ2v) is 5.35. The van der Waals surface area contributed by atoms with Gasteiger partial charge in [0, 0.05) is 6.42 Å². The van der Waals surface area contributed by atoms with E-state index in [0.717, 1.165) is 57.8 Å². The van der Waals surface area contributed by atoms with Crippen molar-refractivity contribution in [2.75, 3.05) is 0 Å². The van der Waals surface area contributed by atoms with Gasteiger partial charge in [-0.2, -0.15) is 0 Å². The third-order valence-electron chi connectivity index (χ3n) is 3.23. The number of hydrogen-bond acceptors (Lipinski definition) is 1. The van der Waals surface area contributed by atoms with E-state index >= 15 is 0 Å². The van der Waals surface area contributed by atoms with Gasteiger partial charge < -0.3 is 5.11 Å². The molecule has 0 rings (SSSR count). The first-order valence-electron chi connectivity index (χ1n) is 8.59. The largest absolute Gasteiger partial charge is 0.481 e. The van der Waals surface area contributed by atoms with Crippen LogP contribution in [0.2, 0.25) is 0 Å². The molecule has 0 fully saturated rings. The maximum absolute atomic E-state index is 10.3. The van der Waals surface area contributed by atoms with Gasteiger partial charge >= 0.3 is 5.97 Å². The summed E-state index contributed by atoms with van der Waals surface area (Å²) >= 11 is 0. The first kappa shape index (κ1) is 20.4. The second-order valence-electron chi connectivity index (χ2n) is 5.35. The van der Waals surface area contributed by atoms with Crippen LogP contribution in [0.3, 0.4) is 0 Å². The Hall–Kier alpha value is -1.57. The van der Waals surface area contributed by atoms with E-state index in [2.05, 4.69) is 55.5 Å². The highest BCUT2D eigenvalue weighted by Gasteiger charge is 1.95. The lowest BCUT2D eigenvalue weighted by Gasteiger charge is -1.96. The molecule has 0 spiro atoms. The predicted molar refractivity (Wildman–Crippen MR) is 96.0 cm³/mol. The van der Waals surface area contributed by atoms with Crippen LogP contribution in [0.1, 0.15) is 71.1 Å². The summed E-state index contributed by atoms with van der Waals surface area (Å²) in [5, 5.41) is 8.51. The van der Waals surface area contributed by atoms with Gasteiger partial charge in [-0.05, 0) is 44.9 Å². The fourth-order valence-corrected chi connectivity index (χ4v) is 1.99. The molecule has 0 heterocycles. The van der Waals surface area contributed by atoms with Crippen LogP contribution in [0.15, 0.2) is 48.6 Å². The molecule has 0 atom stereocenters. The molecule has 0 aliphatic heterocycles. The van der Waals surface area contributed by atoms with E-state index in [1.807, 2.05) is 0 Å². The van der Waals surface area contributed by atoms with Gasteiger partial charge in [-0.25, -0.2) is 0 Å². The van der Waals surface area contributed by atoms with Crippen LogP contribution < -0.4 is 0 Å². The predicted octanol–water partition coefficient (Wildman–Crippen LogP) is 6.22. The summed E-state index contributed by atoms with van der Waals surface area (Å²) in [6.45, 7) is 2.15. The Morgan fingerprint density at radius 1 is 0.727 bits per heavy atom. The Morgan fingerprint density at radius 2 is 1.23 bits per heavy atom. The number of carboxylic acid groups (broad SMARTS) is 1. The minimum atomic E-state index is -0.682. The number of unbranched alkanes of at least 4 members (excludes halogenated alkanes) is 4. The summed E-state index contributed by atoms with van der Waals surface area (Å²) in [5.74, 6) is -0.682. The molecule has 0 aliphatic carbocycles. The van der Waals surface area contributed by atoms with E-state index in [0.29, 0.717) is 6.42 Å². The van der Waals surface area contributed by atoms with Crippen LogP contribution in [-0.4, -0.2) is 11.1 Å². The molecule has 0 aliphatic rings. The van der Waals surface area contributed by atoms with Crippen molar-refractivity contribution < 1.29 is 9.90 Å². The first-order chi connectivity index (χ1) is 10.8. The Balaban J connectivity index is 3.34. The van der Waals surface area contributed by atoms with Crippen molar-refractivity contribution in [3.8, 4) is 0 Å². The van der Waals surface area contributed by atoms with Crippen molar-refractivity contribution in [2.45, 2.75) is 71.1 Å².